The number of halogens is 1. The van der Waals surface area contributed by atoms with Crippen LogP contribution in [0.5, 0.6) is 0 Å². The number of Topliss-reactive ketones (excluding diaryl/α,β-unsaturated/α-hetero) is 1. The maximum atomic E-state index is 13.9. The monoisotopic (exact) mass is 530 g/mol. The van der Waals surface area contributed by atoms with Crippen LogP contribution in [0, 0.1) is 11.3 Å². The van der Waals surface area contributed by atoms with Gasteiger partial charge >= 0.3 is 0 Å². The van der Waals surface area contributed by atoms with Crippen LogP contribution in [0.3, 0.4) is 0 Å². The van der Waals surface area contributed by atoms with Crippen LogP contribution in [-0.4, -0.2) is 62.5 Å². The maximum absolute atomic E-state index is 13.9. The van der Waals surface area contributed by atoms with Crippen molar-refractivity contribution in [1.82, 2.24) is 19.8 Å². The molecule has 2 fully saturated rings. The van der Waals surface area contributed by atoms with E-state index >= 15 is 0 Å². The largest absolute Gasteiger partial charge is 0.352 e. The Bertz CT molecular complexity index is 1550. The van der Waals surface area contributed by atoms with Gasteiger partial charge in [0.25, 0.3) is 5.91 Å². The Morgan fingerprint density at radius 1 is 0.921 bits per heavy atom. The standard InChI is InChI=1S/C30H31ClN4O3/c1-30(2,3)21(14-27(36)25-11-17-7-4-5-9-23(17)32-25)28(37)34-15-19-12-18(34)16-35(19)29(38)26-13-20-22(31)8-6-10-24(20)33-26/h4-11,13,18-19,21,32-33H,12,14-16H2,1-3H3/t18-,19-,21+/m0/s1. The molecule has 6 rings (SSSR count). The van der Waals surface area contributed by atoms with E-state index in [4.69, 9.17) is 11.6 Å². The van der Waals surface area contributed by atoms with Gasteiger partial charge in [0.05, 0.1) is 23.7 Å². The summed E-state index contributed by atoms with van der Waals surface area (Å²) in [7, 11) is 0. The van der Waals surface area contributed by atoms with Crippen LogP contribution in [0.15, 0.2) is 54.6 Å². The molecular formula is C30H31ClN4O3. The van der Waals surface area contributed by atoms with E-state index < -0.39 is 5.92 Å². The summed E-state index contributed by atoms with van der Waals surface area (Å²) in [5, 5.41) is 2.41. The van der Waals surface area contributed by atoms with Crippen LogP contribution in [0.25, 0.3) is 21.8 Å². The van der Waals surface area contributed by atoms with E-state index in [-0.39, 0.29) is 41.5 Å². The van der Waals surface area contributed by atoms with E-state index in [1.807, 2.05) is 79.1 Å². The Labute approximate surface area is 226 Å². The van der Waals surface area contributed by atoms with Gasteiger partial charge in [-0.1, -0.05) is 56.6 Å². The van der Waals surface area contributed by atoms with Crippen molar-refractivity contribution in [3.63, 3.8) is 0 Å². The fourth-order valence-corrected chi connectivity index (χ4v) is 6.29. The molecule has 2 bridgehead atoms. The second-order valence-electron chi connectivity index (χ2n) is 11.7. The van der Waals surface area contributed by atoms with Crippen molar-refractivity contribution in [2.75, 3.05) is 13.1 Å². The van der Waals surface area contributed by atoms with Gasteiger partial charge in [-0.25, -0.2) is 0 Å². The minimum Gasteiger partial charge on any atom is -0.352 e. The molecule has 0 saturated carbocycles. The third kappa shape index (κ3) is 4.19. The summed E-state index contributed by atoms with van der Waals surface area (Å²) in [6.07, 6.45) is 0.896. The van der Waals surface area contributed by atoms with Gasteiger partial charge in [0.2, 0.25) is 5.91 Å². The second kappa shape index (κ2) is 9.02. The Balaban J connectivity index is 1.17. The molecule has 2 aromatic carbocycles. The molecule has 8 heteroatoms. The number of rotatable bonds is 5. The van der Waals surface area contributed by atoms with Crippen molar-refractivity contribution < 1.29 is 14.4 Å². The summed E-state index contributed by atoms with van der Waals surface area (Å²) in [6, 6.07) is 16.9. The number of carbonyl (C=O) groups is 3. The van der Waals surface area contributed by atoms with Crippen LogP contribution in [-0.2, 0) is 4.79 Å². The van der Waals surface area contributed by atoms with Crippen molar-refractivity contribution in [3.8, 4) is 0 Å². The lowest BCUT2D eigenvalue weighted by molar-refractivity contribution is -0.141. The average Bonchev–Trinajstić information content (AvgIpc) is 3.67. The number of carbonyl (C=O) groups excluding carboxylic acids is 3. The van der Waals surface area contributed by atoms with Gasteiger partial charge in [-0.05, 0) is 42.2 Å². The molecule has 2 amide bonds. The number of para-hydroxylation sites is 1. The van der Waals surface area contributed by atoms with Gasteiger partial charge in [-0.15, -0.1) is 0 Å². The minimum atomic E-state index is -0.458. The van der Waals surface area contributed by atoms with Crippen molar-refractivity contribution in [2.45, 2.75) is 45.7 Å². The number of nitrogens with zero attached hydrogens (tertiary/aromatic N) is 2. The number of ketones is 1. The zero-order valence-electron chi connectivity index (χ0n) is 21.8. The highest BCUT2D eigenvalue weighted by molar-refractivity contribution is 6.35. The first-order valence-electron chi connectivity index (χ1n) is 13.1. The van der Waals surface area contributed by atoms with E-state index in [0.717, 1.165) is 28.2 Å². The van der Waals surface area contributed by atoms with Gasteiger partial charge in [-0.3, -0.25) is 14.4 Å². The van der Waals surface area contributed by atoms with E-state index in [0.29, 0.717) is 29.5 Å². The summed E-state index contributed by atoms with van der Waals surface area (Å²) >= 11 is 6.30. The summed E-state index contributed by atoms with van der Waals surface area (Å²) in [4.78, 5) is 50.7. The van der Waals surface area contributed by atoms with Crippen molar-refractivity contribution >= 4 is 51.0 Å². The number of H-pyrrole nitrogens is 2. The topological polar surface area (TPSA) is 89.3 Å². The number of nitrogens with one attached hydrogen (secondary N) is 2. The predicted molar refractivity (Wildman–Crippen MR) is 148 cm³/mol. The zero-order chi connectivity index (χ0) is 26.8. The maximum Gasteiger partial charge on any atom is 0.270 e. The molecule has 2 aromatic heterocycles. The molecule has 38 heavy (non-hydrogen) atoms. The van der Waals surface area contributed by atoms with Crippen molar-refractivity contribution in [1.29, 1.82) is 0 Å². The van der Waals surface area contributed by atoms with E-state index in [1.165, 1.54) is 0 Å². The summed E-state index contributed by atoms with van der Waals surface area (Å²) in [5.74, 6) is -0.592. The molecular weight excluding hydrogens is 500 g/mol. The molecule has 0 radical (unpaired) electrons. The molecule has 7 nitrogen and oxygen atoms in total. The normalized spacial score (nSPS) is 20.0. The van der Waals surface area contributed by atoms with E-state index in [9.17, 15) is 14.4 Å². The predicted octanol–water partition coefficient (Wildman–Crippen LogP) is 5.66. The molecule has 4 aromatic rings. The smallest absolute Gasteiger partial charge is 0.270 e. The molecule has 2 aliphatic rings. The highest BCUT2D eigenvalue weighted by Gasteiger charge is 2.50. The lowest BCUT2D eigenvalue weighted by Gasteiger charge is -2.39. The molecule has 0 spiro atoms. The van der Waals surface area contributed by atoms with Gasteiger partial charge in [0, 0.05) is 46.3 Å². The van der Waals surface area contributed by atoms with Gasteiger partial charge < -0.3 is 19.8 Å². The molecule has 2 saturated heterocycles. The van der Waals surface area contributed by atoms with Crippen molar-refractivity contribution in [2.24, 2.45) is 11.3 Å². The van der Waals surface area contributed by atoms with Gasteiger partial charge in [0.15, 0.2) is 5.78 Å². The van der Waals surface area contributed by atoms with Gasteiger partial charge in [-0.2, -0.15) is 0 Å². The van der Waals surface area contributed by atoms with E-state index in [2.05, 4.69) is 9.97 Å². The molecule has 0 aliphatic carbocycles. The Hall–Kier alpha value is -3.58. The van der Waals surface area contributed by atoms with Crippen LogP contribution >= 0.6 is 11.6 Å². The number of fused-ring (bicyclic) bond motifs is 4. The molecule has 2 aliphatic heterocycles. The summed E-state index contributed by atoms with van der Waals surface area (Å²) in [6.45, 7) is 7.02. The zero-order valence-corrected chi connectivity index (χ0v) is 22.5. The number of hydrogen-bond acceptors (Lipinski definition) is 3. The molecule has 4 heterocycles. The lowest BCUT2D eigenvalue weighted by Crippen LogP contribution is -2.53. The third-order valence-electron chi connectivity index (χ3n) is 8.19. The molecule has 0 unspecified atom stereocenters. The number of amides is 2. The number of likely N-dealkylation sites (tertiary alicyclic amines) is 2. The number of hydrogen-bond donors (Lipinski definition) is 2. The molecule has 196 valence electrons. The van der Waals surface area contributed by atoms with Crippen molar-refractivity contribution in [3.05, 3.63) is 71.0 Å². The Morgan fingerprint density at radius 2 is 1.61 bits per heavy atom. The Kier molecular flexibility index (Phi) is 5.87. The lowest BCUT2D eigenvalue weighted by atomic mass is 9.76. The SMILES string of the molecule is CC(C)(C)[C@H](CC(=O)c1cc2ccccc2[nH]1)C(=O)N1C[C@@H]2C[C@H]1CN2C(=O)c1cc2c(Cl)cccc2[nH]1. The third-order valence-corrected chi connectivity index (χ3v) is 8.52. The minimum absolute atomic E-state index is 0.000969. The Morgan fingerprint density at radius 3 is 2.29 bits per heavy atom. The number of benzene rings is 2. The van der Waals surface area contributed by atoms with Crippen LogP contribution < -0.4 is 0 Å². The highest BCUT2D eigenvalue weighted by Crippen LogP contribution is 2.38. The fraction of sp³-hybridized carbons (Fsp3) is 0.367. The quantitative estimate of drug-likeness (QED) is 0.326. The number of aromatic amines is 2. The first kappa shape index (κ1) is 24.7. The summed E-state index contributed by atoms with van der Waals surface area (Å²) in [5.41, 5.74) is 2.39. The van der Waals surface area contributed by atoms with Gasteiger partial charge in [0.1, 0.15) is 5.69 Å². The average molecular weight is 531 g/mol. The highest BCUT2D eigenvalue weighted by atomic mass is 35.5. The summed E-state index contributed by atoms with van der Waals surface area (Å²) < 4.78 is 0. The first-order valence-corrected chi connectivity index (χ1v) is 13.5. The molecule has 3 atom stereocenters. The molecule has 2 N–H and O–H groups in total. The number of aromatic nitrogens is 2. The fourth-order valence-electron chi connectivity index (χ4n) is 6.06. The van der Waals surface area contributed by atoms with E-state index in [1.54, 1.807) is 6.07 Å². The number of piperazine rings is 1. The second-order valence-corrected chi connectivity index (χ2v) is 12.1. The van der Waals surface area contributed by atoms with Crippen LogP contribution in [0.1, 0.15) is 54.6 Å². The first-order chi connectivity index (χ1) is 18.1. The van der Waals surface area contributed by atoms with Crippen LogP contribution in [0.2, 0.25) is 5.02 Å². The van der Waals surface area contributed by atoms with Crippen LogP contribution in [0.4, 0.5) is 0 Å².